The number of hydrogen-bond donors (Lipinski definition) is 4. The molecule has 0 radical (unpaired) electrons. The lowest BCUT2D eigenvalue weighted by Crippen LogP contribution is -2.39. The Balaban J connectivity index is 2.26. The maximum atomic E-state index is 12.7. The molecule has 1 aliphatic carbocycles. The van der Waals surface area contributed by atoms with Gasteiger partial charge >= 0.3 is 5.97 Å². The molecule has 8 heteroatoms. The summed E-state index contributed by atoms with van der Waals surface area (Å²) >= 11 is 0. The lowest BCUT2D eigenvalue weighted by Gasteiger charge is -2.24. The molecule has 0 bridgehead atoms. The molecule has 1 saturated carbocycles. The van der Waals surface area contributed by atoms with Crippen molar-refractivity contribution in [2.75, 3.05) is 19.8 Å². The van der Waals surface area contributed by atoms with Crippen molar-refractivity contribution >= 4 is 5.97 Å². The Morgan fingerprint density at radius 1 is 0.531 bits per heavy atom. The van der Waals surface area contributed by atoms with Crippen LogP contribution in [0.2, 0.25) is 0 Å². The molecule has 292 valence electrons. The van der Waals surface area contributed by atoms with E-state index < -0.39 is 36.6 Å². The van der Waals surface area contributed by atoms with Gasteiger partial charge in [-0.25, -0.2) is 0 Å². The second-order valence-electron chi connectivity index (χ2n) is 15.2. The summed E-state index contributed by atoms with van der Waals surface area (Å²) in [5.41, 5.74) is 0. The fraction of sp³-hybridized carbons (Fsp3) is 0.976. The van der Waals surface area contributed by atoms with Crippen LogP contribution in [0.4, 0.5) is 0 Å². The van der Waals surface area contributed by atoms with Crippen molar-refractivity contribution in [2.45, 2.75) is 231 Å². The number of aliphatic hydroxyl groups excluding tert-OH is 4. The summed E-state index contributed by atoms with van der Waals surface area (Å²) in [6.45, 7) is 7.38. The largest absolute Gasteiger partial charge is 0.457 e. The Labute approximate surface area is 301 Å². The topological polar surface area (TPSA) is 126 Å². The molecule has 0 amide bonds. The molecular weight excluding hydrogens is 620 g/mol. The maximum Gasteiger partial charge on any atom is 0.306 e. The average Bonchev–Trinajstić information content (AvgIpc) is 3.27. The molecule has 0 spiro atoms. The molecule has 1 rings (SSSR count). The first kappa shape index (κ1) is 46.3. The number of carbonyl (C=O) groups excluding carboxylic acids is 1. The van der Waals surface area contributed by atoms with Gasteiger partial charge in [-0.15, -0.1) is 0 Å². The number of rotatable bonds is 35. The second kappa shape index (κ2) is 31.9. The van der Waals surface area contributed by atoms with Gasteiger partial charge in [-0.3, -0.25) is 4.79 Å². The van der Waals surface area contributed by atoms with Crippen molar-refractivity contribution in [3.05, 3.63) is 0 Å². The molecule has 49 heavy (non-hydrogen) atoms. The normalized spacial score (nSPS) is 21.0. The third kappa shape index (κ3) is 24.2. The van der Waals surface area contributed by atoms with Gasteiger partial charge in [0.25, 0.3) is 0 Å². The Morgan fingerprint density at radius 3 is 1.39 bits per heavy atom. The molecule has 1 aliphatic rings. The highest BCUT2D eigenvalue weighted by molar-refractivity contribution is 5.69. The molecule has 0 saturated heterocycles. The summed E-state index contributed by atoms with van der Waals surface area (Å²) in [4.78, 5) is 12.7. The van der Waals surface area contributed by atoms with Crippen LogP contribution in [0.1, 0.15) is 194 Å². The Bertz CT molecular complexity index is 722. The van der Waals surface area contributed by atoms with Gasteiger partial charge in [0.2, 0.25) is 0 Å². The third-order valence-corrected chi connectivity index (χ3v) is 10.3. The molecular formula is C41H80O8. The maximum absolute atomic E-state index is 12.7. The van der Waals surface area contributed by atoms with Crippen LogP contribution in [-0.2, 0) is 19.0 Å². The second-order valence-corrected chi connectivity index (χ2v) is 15.2. The third-order valence-electron chi connectivity index (χ3n) is 10.3. The fourth-order valence-electron chi connectivity index (χ4n) is 6.86. The fourth-order valence-corrected chi connectivity index (χ4v) is 6.86. The highest BCUT2D eigenvalue weighted by Crippen LogP contribution is 2.25. The summed E-state index contributed by atoms with van der Waals surface area (Å²) in [5, 5.41) is 40.2. The van der Waals surface area contributed by atoms with Crippen LogP contribution in [0, 0.1) is 5.92 Å². The molecule has 8 nitrogen and oxygen atoms in total. The van der Waals surface area contributed by atoms with Gasteiger partial charge in [0, 0.05) is 13.0 Å². The number of carbonyl (C=O) groups is 1. The molecule has 0 heterocycles. The Morgan fingerprint density at radius 2 is 0.939 bits per heavy atom. The van der Waals surface area contributed by atoms with Gasteiger partial charge in [-0.2, -0.15) is 0 Å². The van der Waals surface area contributed by atoms with E-state index in [-0.39, 0.29) is 19.2 Å². The molecule has 0 aromatic rings. The number of esters is 1. The molecule has 0 aromatic carbocycles. The van der Waals surface area contributed by atoms with Gasteiger partial charge in [-0.1, -0.05) is 175 Å². The Kier molecular flexibility index (Phi) is 30.1. The van der Waals surface area contributed by atoms with Gasteiger partial charge in [0.15, 0.2) is 0 Å². The van der Waals surface area contributed by atoms with Crippen molar-refractivity contribution in [3.8, 4) is 0 Å². The quantitative estimate of drug-likeness (QED) is 0.0382. The highest BCUT2D eigenvalue weighted by atomic mass is 16.6. The van der Waals surface area contributed by atoms with Crippen molar-refractivity contribution in [3.63, 3.8) is 0 Å². The van der Waals surface area contributed by atoms with E-state index in [0.29, 0.717) is 18.9 Å². The minimum atomic E-state index is -1.49. The zero-order chi connectivity index (χ0) is 36.0. The van der Waals surface area contributed by atoms with Crippen LogP contribution in [0.15, 0.2) is 0 Å². The van der Waals surface area contributed by atoms with Crippen LogP contribution in [0.25, 0.3) is 0 Å². The van der Waals surface area contributed by atoms with E-state index in [2.05, 4.69) is 20.8 Å². The SMILES string of the molecule is CCCCCCCCCCCCCCCCC(=O)O[C@@H](COCCC(C)CCCCCCCCCCCC)COC1[C@@H](O)[C@H](O)[C@@H](O)[C@@H]1O. The van der Waals surface area contributed by atoms with Crippen molar-refractivity contribution < 1.29 is 39.4 Å². The lowest BCUT2D eigenvalue weighted by atomic mass is 9.99. The molecule has 1 fully saturated rings. The van der Waals surface area contributed by atoms with E-state index in [0.717, 1.165) is 25.7 Å². The van der Waals surface area contributed by atoms with Gasteiger partial charge in [-0.05, 0) is 18.8 Å². The summed E-state index contributed by atoms with van der Waals surface area (Å²) in [5.74, 6) is 0.247. The summed E-state index contributed by atoms with van der Waals surface area (Å²) in [7, 11) is 0. The van der Waals surface area contributed by atoms with E-state index in [4.69, 9.17) is 14.2 Å². The van der Waals surface area contributed by atoms with Crippen LogP contribution in [0.5, 0.6) is 0 Å². The summed E-state index contributed by atoms with van der Waals surface area (Å²) < 4.78 is 17.3. The number of ether oxygens (including phenoxy) is 3. The molecule has 0 aliphatic heterocycles. The van der Waals surface area contributed by atoms with Crippen LogP contribution in [0.3, 0.4) is 0 Å². The first-order chi connectivity index (χ1) is 23.8. The molecule has 6 atom stereocenters. The first-order valence-corrected chi connectivity index (χ1v) is 20.9. The predicted molar refractivity (Wildman–Crippen MR) is 200 cm³/mol. The summed E-state index contributed by atoms with van der Waals surface area (Å²) in [6.07, 6.45) is 25.7. The monoisotopic (exact) mass is 701 g/mol. The van der Waals surface area contributed by atoms with Gasteiger partial charge in [0.1, 0.15) is 36.6 Å². The minimum Gasteiger partial charge on any atom is -0.457 e. The van der Waals surface area contributed by atoms with Crippen LogP contribution in [-0.4, -0.2) is 82.8 Å². The van der Waals surface area contributed by atoms with Crippen molar-refractivity contribution in [1.82, 2.24) is 0 Å². The van der Waals surface area contributed by atoms with E-state index >= 15 is 0 Å². The molecule has 4 N–H and O–H groups in total. The van der Waals surface area contributed by atoms with E-state index in [1.807, 2.05) is 0 Å². The number of unbranched alkanes of at least 4 members (excludes halogenated alkanes) is 22. The van der Waals surface area contributed by atoms with Crippen molar-refractivity contribution in [2.24, 2.45) is 5.92 Å². The van der Waals surface area contributed by atoms with Crippen molar-refractivity contribution in [1.29, 1.82) is 0 Å². The molecule has 1 unspecified atom stereocenters. The zero-order valence-corrected chi connectivity index (χ0v) is 32.2. The standard InChI is InChI=1S/C41H80O8/c1-4-6-8-10-12-14-16-17-18-19-21-23-25-27-29-36(42)49-35(33-48-41-39(45)37(43)38(44)40(41)46)32-47-31-30-34(3)28-26-24-22-20-15-13-11-9-7-5-2/h34-35,37-41,43-46H,4-33H2,1-3H3/t34?,35-,37+,38+,39-,40-/m0/s1. The zero-order valence-electron chi connectivity index (χ0n) is 32.2. The predicted octanol–water partition coefficient (Wildman–Crippen LogP) is 8.97. The number of aliphatic hydroxyl groups is 4. The highest BCUT2D eigenvalue weighted by Gasteiger charge is 2.49. The summed E-state index contributed by atoms with van der Waals surface area (Å²) in [6, 6.07) is 0. The minimum absolute atomic E-state index is 0.100. The number of hydrogen-bond acceptors (Lipinski definition) is 8. The van der Waals surface area contributed by atoms with Gasteiger partial charge < -0.3 is 34.6 Å². The van der Waals surface area contributed by atoms with E-state index in [1.54, 1.807) is 0 Å². The smallest absolute Gasteiger partial charge is 0.306 e. The van der Waals surface area contributed by atoms with Crippen LogP contribution < -0.4 is 0 Å². The van der Waals surface area contributed by atoms with E-state index in [9.17, 15) is 25.2 Å². The molecule has 0 aromatic heterocycles. The first-order valence-electron chi connectivity index (χ1n) is 20.9. The van der Waals surface area contributed by atoms with Crippen LogP contribution >= 0.6 is 0 Å². The average molecular weight is 701 g/mol. The Hall–Kier alpha value is -0.770. The van der Waals surface area contributed by atoms with E-state index in [1.165, 1.54) is 141 Å². The lowest BCUT2D eigenvalue weighted by molar-refractivity contribution is -0.163. The van der Waals surface area contributed by atoms with Gasteiger partial charge in [0.05, 0.1) is 13.2 Å².